The number of guanidine groups is 1. The Balaban J connectivity index is 0.00000364. The molecule has 0 bridgehead atoms. The first-order valence-corrected chi connectivity index (χ1v) is 9.65. The summed E-state index contributed by atoms with van der Waals surface area (Å²) in [5, 5.41) is 6.71. The van der Waals surface area contributed by atoms with E-state index in [0.717, 1.165) is 57.5 Å². The van der Waals surface area contributed by atoms with E-state index in [-0.39, 0.29) is 30.1 Å². The minimum absolute atomic E-state index is 0. The second-order valence-corrected chi connectivity index (χ2v) is 6.79. The molecule has 1 aromatic rings. The maximum atomic E-state index is 5.94. The van der Waals surface area contributed by atoms with E-state index in [4.69, 9.17) is 9.47 Å². The monoisotopic (exact) mass is 490 g/mol. The number of nitrogens with one attached hydrogen (secondary N) is 2. The van der Waals surface area contributed by atoms with Gasteiger partial charge < -0.3 is 20.1 Å². The summed E-state index contributed by atoms with van der Waals surface area (Å²) < 4.78 is 11.3. The normalized spacial score (nSPS) is 16.3. The molecule has 1 saturated heterocycles. The Morgan fingerprint density at radius 3 is 2.74 bits per heavy atom. The van der Waals surface area contributed by atoms with Crippen LogP contribution in [0.15, 0.2) is 29.3 Å². The Labute approximate surface area is 181 Å². The number of benzene rings is 1. The molecular formula is C20H35IN4O2. The van der Waals surface area contributed by atoms with E-state index in [1.54, 1.807) is 7.05 Å². The second-order valence-electron chi connectivity index (χ2n) is 6.79. The first-order valence-electron chi connectivity index (χ1n) is 9.65. The van der Waals surface area contributed by atoms with Gasteiger partial charge in [-0.25, -0.2) is 0 Å². The Bertz CT molecular complexity index is 551. The van der Waals surface area contributed by atoms with E-state index in [1.807, 2.05) is 12.1 Å². The highest BCUT2D eigenvalue weighted by atomic mass is 127. The summed E-state index contributed by atoms with van der Waals surface area (Å²) in [6.45, 7) is 10.8. The zero-order valence-electron chi connectivity index (χ0n) is 16.9. The van der Waals surface area contributed by atoms with Crippen LogP contribution in [0, 0.1) is 6.92 Å². The average molecular weight is 490 g/mol. The molecule has 0 saturated carbocycles. The highest BCUT2D eigenvalue weighted by molar-refractivity contribution is 14.0. The van der Waals surface area contributed by atoms with Gasteiger partial charge in [0.25, 0.3) is 0 Å². The number of aryl methyl sites for hydroxylation is 1. The molecule has 1 fully saturated rings. The van der Waals surface area contributed by atoms with Crippen LogP contribution in [0.3, 0.4) is 0 Å². The number of rotatable bonds is 9. The van der Waals surface area contributed by atoms with Crippen LogP contribution in [0.5, 0.6) is 5.75 Å². The molecule has 1 aromatic carbocycles. The van der Waals surface area contributed by atoms with Crippen molar-refractivity contribution in [2.24, 2.45) is 4.99 Å². The van der Waals surface area contributed by atoms with Crippen molar-refractivity contribution in [1.29, 1.82) is 0 Å². The lowest BCUT2D eigenvalue weighted by atomic mass is 10.2. The lowest BCUT2D eigenvalue weighted by molar-refractivity contribution is 0.0372. The number of morpholine rings is 1. The van der Waals surface area contributed by atoms with Crippen molar-refractivity contribution in [2.45, 2.75) is 32.8 Å². The third-order valence-electron chi connectivity index (χ3n) is 4.40. The molecule has 27 heavy (non-hydrogen) atoms. The molecule has 0 aromatic heterocycles. The van der Waals surface area contributed by atoms with Gasteiger partial charge in [-0.15, -0.1) is 24.0 Å². The van der Waals surface area contributed by atoms with Crippen molar-refractivity contribution in [3.63, 3.8) is 0 Å². The number of aliphatic imine (C=N–C) groups is 1. The summed E-state index contributed by atoms with van der Waals surface area (Å²) in [7, 11) is 1.80. The van der Waals surface area contributed by atoms with Crippen molar-refractivity contribution < 1.29 is 9.47 Å². The van der Waals surface area contributed by atoms with Crippen LogP contribution in [-0.2, 0) is 4.74 Å². The predicted molar refractivity (Wildman–Crippen MR) is 123 cm³/mol. The van der Waals surface area contributed by atoms with Gasteiger partial charge in [0, 0.05) is 26.7 Å². The van der Waals surface area contributed by atoms with Crippen molar-refractivity contribution in [1.82, 2.24) is 15.5 Å². The molecule has 1 aliphatic heterocycles. The van der Waals surface area contributed by atoms with Gasteiger partial charge >= 0.3 is 0 Å². The molecule has 2 N–H and O–H groups in total. The fraction of sp³-hybridized carbons (Fsp3) is 0.650. The number of ether oxygens (including phenoxy) is 2. The van der Waals surface area contributed by atoms with Crippen LogP contribution in [0.4, 0.5) is 0 Å². The van der Waals surface area contributed by atoms with E-state index in [0.29, 0.717) is 6.54 Å². The number of nitrogens with zero attached hydrogens (tertiary/aromatic N) is 2. The summed E-state index contributed by atoms with van der Waals surface area (Å²) in [5.41, 5.74) is 1.21. The summed E-state index contributed by atoms with van der Waals surface area (Å²) in [5.74, 6) is 1.74. The SMILES string of the molecule is CN=C(NCCCCN1CCOCC1)NCC(C)Oc1cccc(C)c1.I. The molecule has 6 nitrogen and oxygen atoms in total. The zero-order valence-corrected chi connectivity index (χ0v) is 19.2. The highest BCUT2D eigenvalue weighted by Crippen LogP contribution is 2.13. The minimum atomic E-state index is 0. The Hall–Kier alpha value is -1.06. The maximum Gasteiger partial charge on any atom is 0.191 e. The van der Waals surface area contributed by atoms with Crippen LogP contribution in [0.25, 0.3) is 0 Å². The van der Waals surface area contributed by atoms with Gasteiger partial charge in [0.2, 0.25) is 0 Å². The van der Waals surface area contributed by atoms with Crippen LogP contribution in [0.1, 0.15) is 25.3 Å². The van der Waals surface area contributed by atoms with Gasteiger partial charge in [0.1, 0.15) is 11.9 Å². The van der Waals surface area contributed by atoms with E-state index in [1.165, 1.54) is 12.0 Å². The summed E-state index contributed by atoms with van der Waals surface area (Å²) >= 11 is 0. The molecule has 154 valence electrons. The number of unbranched alkanes of at least 4 members (excludes halogenated alkanes) is 1. The third kappa shape index (κ3) is 10.2. The molecule has 0 amide bonds. The van der Waals surface area contributed by atoms with E-state index in [2.05, 4.69) is 46.5 Å². The highest BCUT2D eigenvalue weighted by Gasteiger charge is 2.09. The fourth-order valence-corrected chi connectivity index (χ4v) is 2.92. The Morgan fingerprint density at radius 1 is 1.26 bits per heavy atom. The van der Waals surface area contributed by atoms with Crippen molar-refractivity contribution in [2.75, 3.05) is 53.0 Å². The smallest absolute Gasteiger partial charge is 0.191 e. The second kappa shape index (κ2) is 14.0. The van der Waals surface area contributed by atoms with Gasteiger partial charge in [-0.2, -0.15) is 0 Å². The molecular weight excluding hydrogens is 455 g/mol. The average Bonchev–Trinajstić information content (AvgIpc) is 2.65. The lowest BCUT2D eigenvalue weighted by Crippen LogP contribution is -2.42. The molecule has 7 heteroatoms. The number of halogens is 1. The van der Waals surface area contributed by atoms with E-state index in [9.17, 15) is 0 Å². The first kappa shape index (κ1) is 24.0. The molecule has 1 unspecified atom stereocenters. The predicted octanol–water partition coefficient (Wildman–Crippen LogP) is 2.66. The van der Waals surface area contributed by atoms with E-state index < -0.39 is 0 Å². The van der Waals surface area contributed by atoms with Crippen molar-refractivity contribution in [3.8, 4) is 5.75 Å². The summed E-state index contributed by atoms with van der Waals surface area (Å²) in [6.07, 6.45) is 2.39. The van der Waals surface area contributed by atoms with Crippen LogP contribution in [0.2, 0.25) is 0 Å². The maximum absolute atomic E-state index is 5.94. The standard InChI is InChI=1S/C20H34N4O2.HI/c1-17-7-6-8-19(15-17)26-18(2)16-23-20(21-3)22-9-4-5-10-24-11-13-25-14-12-24;/h6-8,15,18H,4-5,9-14,16H2,1-3H3,(H2,21,22,23);1H. The fourth-order valence-electron chi connectivity index (χ4n) is 2.92. The Kier molecular flexibility index (Phi) is 12.4. The Morgan fingerprint density at radius 2 is 2.04 bits per heavy atom. The summed E-state index contributed by atoms with van der Waals surface area (Å²) in [6, 6.07) is 8.13. The van der Waals surface area contributed by atoms with Crippen LogP contribution in [-0.4, -0.2) is 69.9 Å². The topological polar surface area (TPSA) is 58.1 Å². The van der Waals surface area contributed by atoms with Gasteiger partial charge in [-0.3, -0.25) is 9.89 Å². The van der Waals surface area contributed by atoms with Gasteiger partial charge in [-0.05, 0) is 50.9 Å². The van der Waals surface area contributed by atoms with Crippen molar-refractivity contribution in [3.05, 3.63) is 29.8 Å². The minimum Gasteiger partial charge on any atom is -0.489 e. The van der Waals surface area contributed by atoms with E-state index >= 15 is 0 Å². The molecule has 0 aliphatic carbocycles. The van der Waals surface area contributed by atoms with Gasteiger partial charge in [0.15, 0.2) is 5.96 Å². The van der Waals surface area contributed by atoms with Crippen molar-refractivity contribution >= 4 is 29.9 Å². The summed E-state index contributed by atoms with van der Waals surface area (Å²) in [4.78, 5) is 6.75. The molecule has 2 rings (SSSR count). The molecule has 1 aliphatic rings. The van der Waals surface area contributed by atoms with Crippen LogP contribution >= 0.6 is 24.0 Å². The number of hydrogen-bond donors (Lipinski definition) is 2. The van der Waals surface area contributed by atoms with Gasteiger partial charge in [0.05, 0.1) is 19.8 Å². The number of hydrogen-bond acceptors (Lipinski definition) is 4. The first-order chi connectivity index (χ1) is 12.7. The van der Waals surface area contributed by atoms with Crippen LogP contribution < -0.4 is 15.4 Å². The molecule has 0 spiro atoms. The zero-order chi connectivity index (χ0) is 18.6. The molecule has 1 heterocycles. The largest absolute Gasteiger partial charge is 0.489 e. The lowest BCUT2D eigenvalue weighted by Gasteiger charge is -2.26. The third-order valence-corrected chi connectivity index (χ3v) is 4.40. The van der Waals surface area contributed by atoms with Gasteiger partial charge in [-0.1, -0.05) is 12.1 Å². The molecule has 0 radical (unpaired) electrons. The molecule has 1 atom stereocenters. The quantitative estimate of drug-likeness (QED) is 0.241.